The molecule has 0 radical (unpaired) electrons. The number of hydrogen-bond acceptors (Lipinski definition) is 3. The highest BCUT2D eigenvalue weighted by atomic mass is 16.2. The van der Waals surface area contributed by atoms with Crippen LogP contribution >= 0.6 is 0 Å². The van der Waals surface area contributed by atoms with Gasteiger partial charge in [0.25, 0.3) is 5.91 Å². The summed E-state index contributed by atoms with van der Waals surface area (Å²) < 4.78 is 0. The Morgan fingerprint density at radius 3 is 2.50 bits per heavy atom. The Balaban J connectivity index is 1.69. The first kappa shape index (κ1) is 15.8. The summed E-state index contributed by atoms with van der Waals surface area (Å²) >= 11 is 0. The van der Waals surface area contributed by atoms with Crippen molar-refractivity contribution in [2.45, 2.75) is 76.3 Å². The van der Waals surface area contributed by atoms with Crippen LogP contribution in [0, 0.1) is 5.92 Å². The smallest absolute Gasteiger partial charge is 0.323 e. The number of carbonyl (C=O) groups excluding carboxylic acids is 2. The summed E-state index contributed by atoms with van der Waals surface area (Å²) in [5.41, 5.74) is -0.622. The third-order valence-electron chi connectivity index (χ3n) is 6.06. The third kappa shape index (κ3) is 2.64. The standard InChI is InChI=1S/C17H29N3O2/c1-13-8-6-7-11-17(13)15(21)20(16(22)18-17)12-19(2)14-9-4-3-5-10-14/h13-14H,3-12H2,1-2H3,(H,18,22)/t13-,17-/m1/s1. The summed E-state index contributed by atoms with van der Waals surface area (Å²) in [4.78, 5) is 29.0. The fourth-order valence-corrected chi connectivity index (χ4v) is 4.48. The minimum atomic E-state index is -0.622. The van der Waals surface area contributed by atoms with Gasteiger partial charge in [0, 0.05) is 6.04 Å². The lowest BCUT2D eigenvalue weighted by molar-refractivity contribution is -0.135. The fourth-order valence-electron chi connectivity index (χ4n) is 4.48. The molecule has 3 amide bonds. The molecule has 3 rings (SSSR count). The number of imide groups is 1. The van der Waals surface area contributed by atoms with E-state index in [-0.39, 0.29) is 17.9 Å². The number of hydrogen-bond donors (Lipinski definition) is 1. The Hall–Kier alpha value is -1.10. The molecule has 1 saturated heterocycles. The van der Waals surface area contributed by atoms with Gasteiger partial charge in [-0.3, -0.25) is 9.69 Å². The largest absolute Gasteiger partial charge is 0.326 e. The second-order valence-corrected chi connectivity index (χ2v) is 7.47. The van der Waals surface area contributed by atoms with Crippen molar-refractivity contribution in [2.75, 3.05) is 13.7 Å². The first-order valence-corrected chi connectivity index (χ1v) is 8.89. The Morgan fingerprint density at radius 1 is 1.14 bits per heavy atom. The normalized spacial score (nSPS) is 33.8. The average molecular weight is 307 g/mol. The molecular formula is C17H29N3O2. The highest BCUT2D eigenvalue weighted by molar-refractivity contribution is 6.07. The van der Waals surface area contributed by atoms with Crippen LogP contribution in [0.15, 0.2) is 0 Å². The SMILES string of the molecule is C[C@@H]1CCCC[C@@]12NC(=O)N(CN(C)C1CCCCC1)C2=O. The minimum absolute atomic E-state index is 0.00681. The van der Waals surface area contributed by atoms with Crippen molar-refractivity contribution in [3.05, 3.63) is 0 Å². The summed E-state index contributed by atoms with van der Waals surface area (Å²) in [6, 6.07) is 0.316. The van der Waals surface area contributed by atoms with E-state index in [1.807, 2.05) is 7.05 Å². The zero-order valence-electron chi connectivity index (χ0n) is 13.9. The van der Waals surface area contributed by atoms with E-state index in [4.69, 9.17) is 0 Å². The van der Waals surface area contributed by atoms with Crippen molar-refractivity contribution in [3.63, 3.8) is 0 Å². The molecule has 1 heterocycles. The van der Waals surface area contributed by atoms with E-state index in [0.29, 0.717) is 12.7 Å². The Morgan fingerprint density at radius 2 is 1.82 bits per heavy atom. The quantitative estimate of drug-likeness (QED) is 0.816. The summed E-state index contributed by atoms with van der Waals surface area (Å²) in [6.07, 6.45) is 10.2. The molecule has 1 spiro atoms. The van der Waals surface area contributed by atoms with Crippen molar-refractivity contribution in [2.24, 2.45) is 5.92 Å². The third-order valence-corrected chi connectivity index (χ3v) is 6.06. The van der Waals surface area contributed by atoms with E-state index in [9.17, 15) is 9.59 Å². The summed E-state index contributed by atoms with van der Waals surface area (Å²) in [6.45, 7) is 2.54. The van der Waals surface area contributed by atoms with Crippen LogP contribution in [0.25, 0.3) is 0 Å². The van der Waals surface area contributed by atoms with Crippen LogP contribution in [0.5, 0.6) is 0 Å². The van der Waals surface area contributed by atoms with E-state index in [0.717, 1.165) is 25.7 Å². The molecular weight excluding hydrogens is 278 g/mol. The van der Waals surface area contributed by atoms with Gasteiger partial charge in [-0.1, -0.05) is 39.0 Å². The number of carbonyl (C=O) groups is 2. The minimum Gasteiger partial charge on any atom is -0.323 e. The van der Waals surface area contributed by atoms with E-state index in [1.165, 1.54) is 37.0 Å². The van der Waals surface area contributed by atoms with Gasteiger partial charge in [-0.2, -0.15) is 0 Å². The molecule has 0 aromatic heterocycles. The number of urea groups is 1. The molecule has 0 bridgehead atoms. The fraction of sp³-hybridized carbons (Fsp3) is 0.882. The maximum atomic E-state index is 12.9. The van der Waals surface area contributed by atoms with Gasteiger partial charge in [0.15, 0.2) is 0 Å². The van der Waals surface area contributed by atoms with Crippen molar-refractivity contribution in [1.29, 1.82) is 0 Å². The van der Waals surface area contributed by atoms with Crippen LogP contribution in [-0.2, 0) is 4.79 Å². The van der Waals surface area contributed by atoms with Gasteiger partial charge in [-0.15, -0.1) is 0 Å². The van der Waals surface area contributed by atoms with Crippen LogP contribution in [0.4, 0.5) is 4.79 Å². The Kier molecular flexibility index (Phi) is 4.44. The van der Waals surface area contributed by atoms with Gasteiger partial charge in [0.1, 0.15) is 5.54 Å². The second-order valence-electron chi connectivity index (χ2n) is 7.47. The molecule has 0 aromatic carbocycles. The number of nitrogens with zero attached hydrogens (tertiary/aromatic N) is 2. The van der Waals surface area contributed by atoms with Gasteiger partial charge in [-0.25, -0.2) is 9.69 Å². The van der Waals surface area contributed by atoms with Gasteiger partial charge >= 0.3 is 6.03 Å². The summed E-state index contributed by atoms with van der Waals surface area (Å²) in [5, 5.41) is 3.04. The number of rotatable bonds is 3. The van der Waals surface area contributed by atoms with Crippen molar-refractivity contribution >= 4 is 11.9 Å². The summed E-state index contributed by atoms with van der Waals surface area (Å²) in [5.74, 6) is 0.245. The zero-order valence-corrected chi connectivity index (χ0v) is 13.9. The predicted molar refractivity (Wildman–Crippen MR) is 85.2 cm³/mol. The van der Waals surface area contributed by atoms with Crippen LogP contribution in [0.2, 0.25) is 0 Å². The molecule has 0 unspecified atom stereocenters. The van der Waals surface area contributed by atoms with E-state index in [1.54, 1.807) is 0 Å². The molecule has 1 aliphatic heterocycles. The van der Waals surface area contributed by atoms with Gasteiger partial charge in [-0.05, 0) is 38.6 Å². The molecule has 2 atom stereocenters. The predicted octanol–water partition coefficient (Wildman–Crippen LogP) is 2.71. The highest BCUT2D eigenvalue weighted by Crippen LogP contribution is 2.38. The van der Waals surface area contributed by atoms with Gasteiger partial charge in [0.2, 0.25) is 0 Å². The van der Waals surface area contributed by atoms with Crippen molar-refractivity contribution in [3.8, 4) is 0 Å². The monoisotopic (exact) mass is 307 g/mol. The first-order chi connectivity index (χ1) is 10.5. The molecule has 1 N–H and O–H groups in total. The van der Waals surface area contributed by atoms with E-state index < -0.39 is 5.54 Å². The van der Waals surface area contributed by atoms with Crippen LogP contribution in [0.1, 0.15) is 64.7 Å². The lowest BCUT2D eigenvalue weighted by atomic mass is 9.73. The molecule has 0 aromatic rings. The lowest BCUT2D eigenvalue weighted by Crippen LogP contribution is -2.54. The molecule has 2 aliphatic carbocycles. The van der Waals surface area contributed by atoms with Gasteiger partial charge in [0.05, 0.1) is 6.67 Å². The molecule has 5 heteroatoms. The highest BCUT2D eigenvalue weighted by Gasteiger charge is 2.55. The molecule has 3 aliphatic rings. The van der Waals surface area contributed by atoms with Gasteiger partial charge < -0.3 is 5.32 Å². The number of nitrogens with one attached hydrogen (secondary N) is 1. The topological polar surface area (TPSA) is 52.7 Å². The van der Waals surface area contributed by atoms with Crippen molar-refractivity contribution in [1.82, 2.24) is 15.1 Å². The van der Waals surface area contributed by atoms with Crippen LogP contribution in [0.3, 0.4) is 0 Å². The molecule has 124 valence electrons. The Bertz CT molecular complexity index is 447. The van der Waals surface area contributed by atoms with Crippen molar-refractivity contribution < 1.29 is 9.59 Å². The molecule has 22 heavy (non-hydrogen) atoms. The van der Waals surface area contributed by atoms with Crippen LogP contribution < -0.4 is 5.32 Å². The Labute approximate surface area is 133 Å². The van der Waals surface area contributed by atoms with E-state index in [2.05, 4.69) is 17.1 Å². The average Bonchev–Trinajstić information content (AvgIpc) is 2.76. The summed E-state index contributed by atoms with van der Waals surface area (Å²) in [7, 11) is 2.05. The van der Waals surface area contributed by atoms with E-state index >= 15 is 0 Å². The first-order valence-electron chi connectivity index (χ1n) is 8.89. The zero-order chi connectivity index (χ0) is 15.7. The van der Waals surface area contributed by atoms with Crippen LogP contribution in [-0.4, -0.2) is 47.0 Å². The lowest BCUT2D eigenvalue weighted by Gasteiger charge is -2.37. The molecule has 3 fully saturated rings. The molecule has 2 saturated carbocycles. The maximum absolute atomic E-state index is 12.9. The second kappa shape index (κ2) is 6.19. The number of amides is 3. The molecule has 5 nitrogen and oxygen atoms in total. The maximum Gasteiger partial charge on any atom is 0.326 e.